The number of aromatic carboxylic acids is 1. The summed E-state index contributed by atoms with van der Waals surface area (Å²) in [5.74, 6) is -2.85. The number of rotatable bonds is 5. The van der Waals surface area contributed by atoms with E-state index in [1.165, 1.54) is 42.5 Å². The molecule has 1 aliphatic rings. The molecule has 2 aromatic rings. The Morgan fingerprint density at radius 3 is 2.38 bits per heavy atom. The van der Waals surface area contributed by atoms with Crippen LogP contribution in [0.2, 0.25) is 0 Å². The zero-order valence-corrected chi connectivity index (χ0v) is 15.5. The Kier molecular flexibility index (Phi) is 5.55. The molecule has 0 spiro atoms. The van der Waals surface area contributed by atoms with E-state index in [1.807, 2.05) is 0 Å². The van der Waals surface area contributed by atoms with Gasteiger partial charge in [0.25, 0.3) is 11.1 Å². The lowest BCUT2D eigenvalue weighted by molar-refractivity contribution is -0.127. The molecule has 0 aliphatic carbocycles. The lowest BCUT2D eigenvalue weighted by Gasteiger charge is -2.12. The van der Waals surface area contributed by atoms with Crippen molar-refractivity contribution in [3.63, 3.8) is 0 Å². The van der Waals surface area contributed by atoms with Crippen molar-refractivity contribution >= 4 is 46.5 Å². The number of phenolic OH excluding ortho intramolecular Hbond substituents is 2. The molecule has 0 aromatic heterocycles. The minimum atomic E-state index is -1.10. The van der Waals surface area contributed by atoms with Crippen LogP contribution in [0.3, 0.4) is 0 Å². The number of nitrogens with zero attached hydrogens (tertiary/aromatic N) is 1. The first-order valence-electron chi connectivity index (χ1n) is 8.15. The van der Waals surface area contributed by atoms with Crippen molar-refractivity contribution in [2.75, 3.05) is 11.9 Å². The maximum absolute atomic E-state index is 12.4. The van der Waals surface area contributed by atoms with Crippen LogP contribution < -0.4 is 5.32 Å². The van der Waals surface area contributed by atoms with Crippen molar-refractivity contribution < 1.29 is 34.5 Å². The van der Waals surface area contributed by atoms with Gasteiger partial charge in [0.1, 0.15) is 18.0 Å². The number of anilines is 1. The van der Waals surface area contributed by atoms with Gasteiger partial charge in [0, 0.05) is 17.3 Å². The van der Waals surface area contributed by atoms with Crippen LogP contribution >= 0.6 is 11.8 Å². The molecule has 10 heteroatoms. The molecule has 0 atom stereocenters. The lowest BCUT2D eigenvalue weighted by atomic mass is 10.1. The molecular weight excluding hydrogens is 400 g/mol. The van der Waals surface area contributed by atoms with Crippen LogP contribution in [-0.4, -0.2) is 49.8 Å². The van der Waals surface area contributed by atoms with Crippen LogP contribution in [0.5, 0.6) is 11.5 Å². The number of nitrogens with one attached hydrogen (secondary N) is 1. The summed E-state index contributed by atoms with van der Waals surface area (Å²) in [7, 11) is 0. The molecule has 3 amide bonds. The minimum absolute atomic E-state index is 0.0228. The third-order valence-corrected chi connectivity index (χ3v) is 4.80. The summed E-state index contributed by atoms with van der Waals surface area (Å²) in [4.78, 5) is 48.3. The van der Waals surface area contributed by atoms with Gasteiger partial charge in [-0.1, -0.05) is 0 Å². The van der Waals surface area contributed by atoms with Gasteiger partial charge in [0.05, 0.1) is 10.5 Å². The largest absolute Gasteiger partial charge is 0.508 e. The molecule has 9 nitrogen and oxygen atoms in total. The third-order valence-electron chi connectivity index (χ3n) is 3.89. The number of hydrogen-bond acceptors (Lipinski definition) is 7. The molecule has 0 saturated carbocycles. The van der Waals surface area contributed by atoms with Gasteiger partial charge in [-0.15, -0.1) is 0 Å². The first kappa shape index (κ1) is 20.0. The molecule has 1 aliphatic heterocycles. The number of aromatic hydroxyl groups is 2. The van der Waals surface area contributed by atoms with Gasteiger partial charge in [0.2, 0.25) is 5.91 Å². The standard InChI is InChI=1S/C19H14N2O7S/c22-13-6-3-11(14(23)8-13)7-15-17(25)21(19(28)29-15)9-16(24)20-12-4-1-10(2-5-12)18(26)27/h1-8,22-23H,9H2,(H,20,24)(H,26,27)/b15-7-. The van der Waals surface area contributed by atoms with Gasteiger partial charge >= 0.3 is 5.97 Å². The molecule has 1 fully saturated rings. The van der Waals surface area contributed by atoms with E-state index in [1.54, 1.807) is 0 Å². The molecular formula is C19H14N2O7S. The average molecular weight is 414 g/mol. The first-order chi connectivity index (χ1) is 13.7. The normalized spacial score (nSPS) is 15.0. The van der Waals surface area contributed by atoms with E-state index in [-0.39, 0.29) is 27.5 Å². The maximum atomic E-state index is 12.4. The molecule has 4 N–H and O–H groups in total. The van der Waals surface area contributed by atoms with E-state index in [4.69, 9.17) is 5.11 Å². The van der Waals surface area contributed by atoms with E-state index in [0.29, 0.717) is 17.4 Å². The molecule has 29 heavy (non-hydrogen) atoms. The SMILES string of the molecule is O=C(CN1C(=O)S/C(=C\c2ccc(O)cc2O)C1=O)Nc1ccc(C(=O)O)cc1. The zero-order chi connectivity index (χ0) is 21.1. The predicted molar refractivity (Wildman–Crippen MR) is 104 cm³/mol. The molecule has 0 bridgehead atoms. The molecule has 0 unspecified atom stereocenters. The van der Waals surface area contributed by atoms with E-state index in [2.05, 4.69) is 5.32 Å². The van der Waals surface area contributed by atoms with Gasteiger partial charge in [-0.25, -0.2) is 4.79 Å². The summed E-state index contributed by atoms with van der Waals surface area (Å²) in [6, 6.07) is 9.20. The second-order valence-electron chi connectivity index (χ2n) is 5.94. The Morgan fingerprint density at radius 1 is 1.07 bits per heavy atom. The molecule has 148 valence electrons. The van der Waals surface area contributed by atoms with E-state index >= 15 is 0 Å². The molecule has 2 aromatic carbocycles. The van der Waals surface area contributed by atoms with Crippen molar-refractivity contribution in [1.82, 2.24) is 4.90 Å². The van der Waals surface area contributed by atoms with Crippen LogP contribution in [0.1, 0.15) is 15.9 Å². The van der Waals surface area contributed by atoms with Gasteiger partial charge in [-0.3, -0.25) is 19.3 Å². The van der Waals surface area contributed by atoms with Crippen LogP contribution in [-0.2, 0) is 9.59 Å². The summed E-state index contributed by atoms with van der Waals surface area (Å²) in [6.45, 7) is -0.524. The summed E-state index contributed by atoms with van der Waals surface area (Å²) in [5, 5.41) is 29.8. The second-order valence-corrected chi connectivity index (χ2v) is 6.93. The number of carboxylic acids is 1. The number of carbonyl (C=O) groups excluding carboxylic acids is 3. The number of amides is 3. The maximum Gasteiger partial charge on any atom is 0.335 e. The second kappa shape index (κ2) is 8.07. The van der Waals surface area contributed by atoms with Gasteiger partial charge in [-0.2, -0.15) is 0 Å². The van der Waals surface area contributed by atoms with Crippen molar-refractivity contribution in [3.8, 4) is 11.5 Å². The van der Waals surface area contributed by atoms with Crippen molar-refractivity contribution in [2.45, 2.75) is 0 Å². The average Bonchev–Trinajstić information content (AvgIpc) is 2.92. The molecule has 1 heterocycles. The smallest absolute Gasteiger partial charge is 0.335 e. The lowest BCUT2D eigenvalue weighted by Crippen LogP contribution is -2.36. The monoisotopic (exact) mass is 414 g/mol. The number of phenols is 2. The summed E-state index contributed by atoms with van der Waals surface area (Å²) in [6.07, 6.45) is 1.29. The van der Waals surface area contributed by atoms with Crippen LogP contribution in [0.15, 0.2) is 47.4 Å². The molecule has 1 saturated heterocycles. The Labute approximate surface area is 168 Å². The highest BCUT2D eigenvalue weighted by Gasteiger charge is 2.36. The fraction of sp³-hybridized carbons (Fsp3) is 0.0526. The summed E-state index contributed by atoms with van der Waals surface area (Å²) in [5.41, 5.74) is 0.601. The number of hydrogen-bond donors (Lipinski definition) is 4. The topological polar surface area (TPSA) is 144 Å². The Bertz CT molecular complexity index is 1050. The van der Waals surface area contributed by atoms with Crippen LogP contribution in [0, 0.1) is 0 Å². The predicted octanol–water partition coefficient (Wildman–Crippen LogP) is 2.47. The minimum Gasteiger partial charge on any atom is -0.508 e. The summed E-state index contributed by atoms with van der Waals surface area (Å²) < 4.78 is 0. The number of thioether (sulfide) groups is 1. The van der Waals surface area contributed by atoms with Crippen LogP contribution in [0.4, 0.5) is 10.5 Å². The van der Waals surface area contributed by atoms with Crippen molar-refractivity contribution in [2.24, 2.45) is 0 Å². The highest BCUT2D eigenvalue weighted by Crippen LogP contribution is 2.34. The van der Waals surface area contributed by atoms with Gasteiger partial charge in [-0.05, 0) is 54.2 Å². The quantitative estimate of drug-likeness (QED) is 0.546. The Morgan fingerprint density at radius 2 is 1.76 bits per heavy atom. The third kappa shape index (κ3) is 4.55. The van der Waals surface area contributed by atoms with E-state index in [0.717, 1.165) is 11.0 Å². The van der Waals surface area contributed by atoms with Gasteiger partial charge in [0.15, 0.2) is 0 Å². The fourth-order valence-corrected chi connectivity index (χ4v) is 3.30. The van der Waals surface area contributed by atoms with E-state index < -0.39 is 29.6 Å². The highest BCUT2D eigenvalue weighted by atomic mass is 32.2. The number of imide groups is 1. The Balaban J connectivity index is 1.68. The van der Waals surface area contributed by atoms with Gasteiger partial charge < -0.3 is 20.6 Å². The highest BCUT2D eigenvalue weighted by molar-refractivity contribution is 8.18. The van der Waals surface area contributed by atoms with E-state index in [9.17, 15) is 29.4 Å². The number of carbonyl (C=O) groups is 4. The van der Waals surface area contributed by atoms with Crippen molar-refractivity contribution in [3.05, 3.63) is 58.5 Å². The number of carboxylic acid groups (broad SMARTS) is 1. The molecule has 0 radical (unpaired) electrons. The van der Waals surface area contributed by atoms with Crippen molar-refractivity contribution in [1.29, 1.82) is 0 Å². The molecule has 3 rings (SSSR count). The van der Waals surface area contributed by atoms with Crippen LogP contribution in [0.25, 0.3) is 6.08 Å². The zero-order valence-electron chi connectivity index (χ0n) is 14.7. The Hall–Kier alpha value is -3.79. The fourth-order valence-electron chi connectivity index (χ4n) is 2.47. The first-order valence-corrected chi connectivity index (χ1v) is 8.97. The summed E-state index contributed by atoms with van der Waals surface area (Å²) >= 11 is 0.623. The number of benzene rings is 2.